The van der Waals surface area contributed by atoms with Gasteiger partial charge in [0.15, 0.2) is 0 Å². The Hall–Kier alpha value is -0.610. The van der Waals surface area contributed by atoms with Crippen LogP contribution >= 0.6 is 0 Å². The van der Waals surface area contributed by atoms with Crippen LogP contribution in [-0.2, 0) is 9.53 Å². The Labute approximate surface area is 92.0 Å². The molecule has 2 aliphatic rings. The zero-order valence-electron chi connectivity index (χ0n) is 9.58. The smallest absolute Gasteiger partial charge is 0.209 e. The fourth-order valence-electron chi connectivity index (χ4n) is 1.71. The second kappa shape index (κ2) is 7.65. The number of nitrogens with zero attached hydrogens (tertiary/aromatic N) is 1. The average molecular weight is 214 g/mol. The Morgan fingerprint density at radius 2 is 2.13 bits per heavy atom. The van der Waals surface area contributed by atoms with E-state index in [1.165, 1.54) is 25.9 Å². The van der Waals surface area contributed by atoms with E-state index in [0.717, 1.165) is 25.4 Å². The summed E-state index contributed by atoms with van der Waals surface area (Å²) in [7, 11) is 0. The van der Waals surface area contributed by atoms with Crippen LogP contribution in [0.25, 0.3) is 0 Å². The summed E-state index contributed by atoms with van der Waals surface area (Å²) in [6, 6.07) is 0. The molecule has 0 radical (unpaired) electrons. The summed E-state index contributed by atoms with van der Waals surface area (Å²) in [6.45, 7) is 7.67. The standard InChI is InChI=1S/C6H13N.C5H9NO2/c1-6-3-2-4-7-5-6;7-5-6-1-3-8-4-2-6/h6-7H,2-5H2,1H3;5H,1-4H2/t6-;/m1./s1. The van der Waals surface area contributed by atoms with Crippen LogP contribution in [0.5, 0.6) is 0 Å². The van der Waals surface area contributed by atoms with Gasteiger partial charge in [-0.3, -0.25) is 4.79 Å². The largest absolute Gasteiger partial charge is 0.378 e. The van der Waals surface area contributed by atoms with Gasteiger partial charge in [-0.25, -0.2) is 0 Å². The lowest BCUT2D eigenvalue weighted by molar-refractivity contribution is -0.121. The van der Waals surface area contributed by atoms with Crippen molar-refractivity contribution in [2.75, 3.05) is 39.4 Å². The van der Waals surface area contributed by atoms with Crippen LogP contribution in [0.15, 0.2) is 0 Å². The first-order valence-corrected chi connectivity index (χ1v) is 5.80. The minimum Gasteiger partial charge on any atom is -0.378 e. The van der Waals surface area contributed by atoms with Crippen LogP contribution in [0, 0.1) is 5.92 Å². The van der Waals surface area contributed by atoms with Gasteiger partial charge in [0.25, 0.3) is 0 Å². The molecule has 0 bridgehead atoms. The molecule has 0 aromatic rings. The summed E-state index contributed by atoms with van der Waals surface area (Å²) >= 11 is 0. The fourth-order valence-corrected chi connectivity index (χ4v) is 1.71. The van der Waals surface area contributed by atoms with Gasteiger partial charge in [-0.05, 0) is 31.8 Å². The molecule has 0 aromatic heterocycles. The summed E-state index contributed by atoms with van der Waals surface area (Å²) in [5.74, 6) is 0.925. The van der Waals surface area contributed by atoms with Crippen molar-refractivity contribution in [1.29, 1.82) is 0 Å². The van der Waals surface area contributed by atoms with Crippen LogP contribution in [0.2, 0.25) is 0 Å². The molecule has 0 aromatic carbocycles. The molecule has 2 rings (SSSR count). The summed E-state index contributed by atoms with van der Waals surface area (Å²) < 4.78 is 5.00. The molecule has 2 fully saturated rings. The number of carbonyl (C=O) groups is 1. The molecule has 1 atom stereocenters. The summed E-state index contributed by atoms with van der Waals surface area (Å²) in [5.41, 5.74) is 0. The van der Waals surface area contributed by atoms with Crippen molar-refractivity contribution in [3.05, 3.63) is 0 Å². The van der Waals surface area contributed by atoms with Gasteiger partial charge in [-0.15, -0.1) is 0 Å². The Morgan fingerprint density at radius 3 is 2.47 bits per heavy atom. The van der Waals surface area contributed by atoms with Gasteiger partial charge in [0.2, 0.25) is 6.41 Å². The van der Waals surface area contributed by atoms with Gasteiger partial charge in [-0.2, -0.15) is 0 Å². The molecule has 88 valence electrons. The van der Waals surface area contributed by atoms with Crippen molar-refractivity contribution in [2.24, 2.45) is 5.92 Å². The highest BCUT2D eigenvalue weighted by Gasteiger charge is 2.05. The molecule has 1 amide bonds. The Morgan fingerprint density at radius 1 is 1.40 bits per heavy atom. The van der Waals surface area contributed by atoms with Gasteiger partial charge in [-0.1, -0.05) is 6.92 Å². The maximum Gasteiger partial charge on any atom is 0.209 e. The van der Waals surface area contributed by atoms with Crippen molar-refractivity contribution in [3.8, 4) is 0 Å². The Bertz CT molecular complexity index is 164. The number of nitrogens with one attached hydrogen (secondary N) is 1. The molecule has 0 unspecified atom stereocenters. The highest BCUT2D eigenvalue weighted by molar-refractivity contribution is 5.46. The normalized spacial score (nSPS) is 26.5. The maximum absolute atomic E-state index is 10.0. The molecule has 1 N–H and O–H groups in total. The number of ether oxygens (including phenoxy) is 1. The van der Waals surface area contributed by atoms with E-state index < -0.39 is 0 Å². The third kappa shape index (κ3) is 5.74. The highest BCUT2D eigenvalue weighted by atomic mass is 16.5. The molecule has 0 saturated carbocycles. The predicted octanol–water partition coefficient (Wildman–Crippen LogP) is 0.481. The van der Waals surface area contributed by atoms with Crippen molar-refractivity contribution in [2.45, 2.75) is 19.8 Å². The lowest BCUT2D eigenvalue weighted by Crippen LogP contribution is -2.34. The topological polar surface area (TPSA) is 41.6 Å². The third-order valence-electron chi connectivity index (χ3n) is 2.74. The second-order valence-corrected chi connectivity index (χ2v) is 4.21. The van der Waals surface area contributed by atoms with Gasteiger partial charge in [0.05, 0.1) is 13.2 Å². The first-order chi connectivity index (χ1) is 7.33. The number of amides is 1. The van der Waals surface area contributed by atoms with Crippen molar-refractivity contribution in [3.63, 3.8) is 0 Å². The Kier molecular flexibility index (Phi) is 6.36. The molecule has 0 spiro atoms. The number of morpholine rings is 1. The number of piperidine rings is 1. The lowest BCUT2D eigenvalue weighted by Gasteiger charge is -2.21. The average Bonchev–Trinajstić information content (AvgIpc) is 2.32. The lowest BCUT2D eigenvalue weighted by atomic mass is 10.0. The van der Waals surface area contributed by atoms with Crippen LogP contribution < -0.4 is 5.32 Å². The van der Waals surface area contributed by atoms with E-state index in [1.807, 2.05) is 0 Å². The summed E-state index contributed by atoms with van der Waals surface area (Å²) in [6.07, 6.45) is 3.66. The number of rotatable bonds is 1. The molecule has 2 aliphatic heterocycles. The third-order valence-corrected chi connectivity index (χ3v) is 2.74. The zero-order chi connectivity index (χ0) is 10.9. The second-order valence-electron chi connectivity index (χ2n) is 4.21. The Balaban J connectivity index is 0.000000151. The molecule has 2 heterocycles. The van der Waals surface area contributed by atoms with E-state index in [-0.39, 0.29) is 0 Å². The monoisotopic (exact) mass is 214 g/mol. The van der Waals surface area contributed by atoms with E-state index in [9.17, 15) is 4.79 Å². The van der Waals surface area contributed by atoms with Crippen molar-refractivity contribution in [1.82, 2.24) is 10.2 Å². The van der Waals surface area contributed by atoms with Crippen molar-refractivity contribution < 1.29 is 9.53 Å². The summed E-state index contributed by atoms with van der Waals surface area (Å²) in [5, 5.41) is 3.33. The number of hydrogen-bond donors (Lipinski definition) is 1. The van der Waals surface area contributed by atoms with Crippen LogP contribution in [0.1, 0.15) is 19.8 Å². The van der Waals surface area contributed by atoms with E-state index >= 15 is 0 Å². The van der Waals surface area contributed by atoms with E-state index in [2.05, 4.69) is 12.2 Å². The van der Waals surface area contributed by atoms with E-state index in [1.54, 1.807) is 4.90 Å². The molecule has 15 heavy (non-hydrogen) atoms. The van der Waals surface area contributed by atoms with Gasteiger partial charge in [0, 0.05) is 13.1 Å². The molecule has 2 saturated heterocycles. The number of carbonyl (C=O) groups excluding carboxylic acids is 1. The van der Waals surface area contributed by atoms with Crippen LogP contribution in [0.3, 0.4) is 0 Å². The molecule has 4 heteroatoms. The summed E-state index contributed by atoms with van der Waals surface area (Å²) in [4.78, 5) is 11.7. The van der Waals surface area contributed by atoms with Crippen LogP contribution in [-0.4, -0.2) is 50.7 Å². The highest BCUT2D eigenvalue weighted by Crippen LogP contribution is 2.06. The van der Waals surface area contributed by atoms with Gasteiger partial charge in [0.1, 0.15) is 0 Å². The SMILES string of the molecule is C[C@@H]1CCCNC1.O=CN1CCOCC1. The molecular formula is C11H22N2O2. The minimum atomic E-state index is 0.693. The zero-order valence-corrected chi connectivity index (χ0v) is 9.58. The first kappa shape index (κ1) is 12.5. The van der Waals surface area contributed by atoms with E-state index in [4.69, 9.17) is 4.74 Å². The van der Waals surface area contributed by atoms with Gasteiger partial charge < -0.3 is 15.0 Å². The van der Waals surface area contributed by atoms with Gasteiger partial charge >= 0.3 is 0 Å². The van der Waals surface area contributed by atoms with Crippen molar-refractivity contribution >= 4 is 6.41 Å². The van der Waals surface area contributed by atoms with E-state index in [0.29, 0.717) is 13.2 Å². The maximum atomic E-state index is 10.0. The first-order valence-electron chi connectivity index (χ1n) is 5.80. The molecular weight excluding hydrogens is 192 g/mol. The quantitative estimate of drug-likeness (QED) is 0.646. The fraction of sp³-hybridized carbons (Fsp3) is 0.909. The molecule has 0 aliphatic carbocycles. The molecule has 4 nitrogen and oxygen atoms in total. The van der Waals surface area contributed by atoms with Crippen LogP contribution in [0.4, 0.5) is 0 Å². The predicted molar refractivity (Wildman–Crippen MR) is 59.7 cm³/mol. The number of hydrogen-bond acceptors (Lipinski definition) is 3. The minimum absolute atomic E-state index is 0.693.